The Morgan fingerprint density at radius 3 is 2.17 bits per heavy atom. The molecule has 2 atom stereocenters. The second-order valence-corrected chi connectivity index (χ2v) is 2.08. The predicted molar refractivity (Wildman–Crippen MR) is 38.7 cm³/mol. The van der Waals surface area contributed by atoms with Crippen LogP contribution in [0.4, 0.5) is 0 Å². The Hall–Kier alpha value is -1.14. The van der Waals surface area contributed by atoms with E-state index in [0.717, 1.165) is 0 Å². The van der Waals surface area contributed by atoms with Crippen molar-refractivity contribution in [1.82, 2.24) is 0 Å². The summed E-state index contributed by atoms with van der Waals surface area (Å²) in [6.45, 7) is 1.67. The molecule has 4 N–H and O–H groups in total. The summed E-state index contributed by atoms with van der Waals surface area (Å²) < 4.78 is 4.62. The first kappa shape index (κ1) is 10.9. The number of hydrogen-bond donors (Lipinski definition) is 3. The fraction of sp³-hybridized carbons (Fsp3) is 0.667. The molecule has 0 rings (SSSR count). The summed E-state index contributed by atoms with van der Waals surface area (Å²) in [5.41, 5.74) is 5.04. The van der Waals surface area contributed by atoms with Crippen molar-refractivity contribution in [2.24, 2.45) is 5.73 Å². The Morgan fingerprint density at radius 1 is 1.42 bits per heavy atom. The minimum atomic E-state index is -1.53. The third kappa shape index (κ3) is 2.85. The van der Waals surface area contributed by atoms with Crippen LogP contribution in [0.2, 0.25) is 0 Å². The number of carboxylic acids is 2. The largest absolute Gasteiger partial charge is 0.480 e. The Bertz CT molecular complexity index is 181. The number of rotatable bonds is 5. The van der Waals surface area contributed by atoms with Gasteiger partial charge in [-0.3, -0.25) is 4.79 Å². The molecule has 0 aromatic rings. The fourth-order valence-corrected chi connectivity index (χ4v) is 0.638. The molecule has 0 saturated carbocycles. The van der Waals surface area contributed by atoms with Crippen LogP contribution in [-0.2, 0) is 14.3 Å². The van der Waals surface area contributed by atoms with E-state index in [0.29, 0.717) is 0 Å². The highest BCUT2D eigenvalue weighted by Gasteiger charge is 2.30. The van der Waals surface area contributed by atoms with Gasteiger partial charge in [-0.05, 0) is 6.92 Å². The van der Waals surface area contributed by atoms with Crippen LogP contribution in [-0.4, -0.2) is 40.9 Å². The van der Waals surface area contributed by atoms with Gasteiger partial charge in [-0.1, -0.05) is 0 Å². The normalized spacial score (nSPS) is 15.2. The van der Waals surface area contributed by atoms with E-state index in [4.69, 9.17) is 15.9 Å². The molecule has 0 radical (unpaired) electrons. The smallest absolute Gasteiger partial charge is 0.335 e. The summed E-state index contributed by atoms with van der Waals surface area (Å²) in [6, 6.07) is -1.53. The minimum absolute atomic E-state index is 0.109. The summed E-state index contributed by atoms with van der Waals surface area (Å²) in [5.74, 6) is -2.76. The molecule has 0 fully saturated rings. The van der Waals surface area contributed by atoms with Gasteiger partial charge in [0.15, 0.2) is 6.10 Å². The van der Waals surface area contributed by atoms with Crippen molar-refractivity contribution in [2.75, 3.05) is 6.61 Å². The molecule has 0 bridgehead atoms. The molecule has 0 aromatic carbocycles. The maximum atomic E-state index is 10.4. The van der Waals surface area contributed by atoms with E-state index in [1.54, 1.807) is 6.92 Å². The molecule has 0 aliphatic carbocycles. The molecular formula is C6H11NO5. The Labute approximate surface area is 68.9 Å². The van der Waals surface area contributed by atoms with E-state index >= 15 is 0 Å². The topological polar surface area (TPSA) is 110 Å². The summed E-state index contributed by atoms with van der Waals surface area (Å²) >= 11 is 0. The van der Waals surface area contributed by atoms with Crippen molar-refractivity contribution in [2.45, 2.75) is 19.1 Å². The van der Waals surface area contributed by atoms with Gasteiger partial charge in [0.1, 0.15) is 6.04 Å². The lowest BCUT2D eigenvalue weighted by molar-refractivity contribution is -0.158. The number of carboxylic acid groups (broad SMARTS) is 2. The van der Waals surface area contributed by atoms with E-state index in [1.807, 2.05) is 0 Å². The molecule has 0 aliphatic rings. The SMILES string of the molecule is CCO[C@H](C(=O)O)[C@H](N)C(=O)O. The zero-order valence-electron chi connectivity index (χ0n) is 6.56. The molecule has 0 aromatic heterocycles. The van der Waals surface area contributed by atoms with Gasteiger partial charge < -0.3 is 20.7 Å². The third-order valence-electron chi connectivity index (χ3n) is 1.20. The summed E-state index contributed by atoms with van der Waals surface area (Å²) in [7, 11) is 0. The molecular weight excluding hydrogens is 166 g/mol. The highest BCUT2D eigenvalue weighted by Crippen LogP contribution is 1.97. The first-order chi connectivity index (χ1) is 5.50. The number of ether oxygens (including phenoxy) is 1. The number of hydrogen-bond acceptors (Lipinski definition) is 4. The van der Waals surface area contributed by atoms with E-state index in [1.165, 1.54) is 0 Å². The zero-order chi connectivity index (χ0) is 9.72. The number of nitrogens with two attached hydrogens (primary N) is 1. The average Bonchev–Trinajstić information content (AvgIpc) is 1.98. The van der Waals surface area contributed by atoms with Crippen LogP contribution in [0, 0.1) is 0 Å². The minimum Gasteiger partial charge on any atom is -0.480 e. The summed E-state index contributed by atoms with van der Waals surface area (Å²) in [4.78, 5) is 20.6. The second-order valence-electron chi connectivity index (χ2n) is 2.08. The Kier molecular flexibility index (Phi) is 4.24. The predicted octanol–water partition coefficient (Wildman–Crippen LogP) is -1.11. The van der Waals surface area contributed by atoms with Crippen molar-refractivity contribution in [3.63, 3.8) is 0 Å². The van der Waals surface area contributed by atoms with Crippen molar-refractivity contribution in [3.05, 3.63) is 0 Å². The highest BCUT2D eigenvalue weighted by atomic mass is 16.5. The van der Waals surface area contributed by atoms with Crippen LogP contribution in [0.5, 0.6) is 0 Å². The number of aliphatic carboxylic acids is 2. The van der Waals surface area contributed by atoms with Gasteiger partial charge in [0.05, 0.1) is 0 Å². The van der Waals surface area contributed by atoms with Gasteiger partial charge in [0.25, 0.3) is 0 Å². The molecule has 0 heterocycles. The molecule has 0 saturated heterocycles. The van der Waals surface area contributed by atoms with Gasteiger partial charge in [-0.15, -0.1) is 0 Å². The van der Waals surface area contributed by atoms with Crippen LogP contribution in [0.1, 0.15) is 6.92 Å². The quantitative estimate of drug-likeness (QED) is 0.491. The molecule has 0 spiro atoms. The lowest BCUT2D eigenvalue weighted by atomic mass is 10.2. The molecule has 70 valence electrons. The average molecular weight is 177 g/mol. The van der Waals surface area contributed by atoms with Crippen molar-refractivity contribution >= 4 is 11.9 Å². The zero-order valence-corrected chi connectivity index (χ0v) is 6.56. The van der Waals surface area contributed by atoms with E-state index < -0.39 is 24.1 Å². The highest BCUT2D eigenvalue weighted by molar-refractivity contribution is 5.84. The molecule has 0 unspecified atom stereocenters. The Balaban J connectivity index is 4.28. The van der Waals surface area contributed by atoms with Gasteiger partial charge >= 0.3 is 11.9 Å². The maximum absolute atomic E-state index is 10.4. The molecule has 6 nitrogen and oxygen atoms in total. The van der Waals surface area contributed by atoms with Crippen LogP contribution in [0.3, 0.4) is 0 Å². The fourth-order valence-electron chi connectivity index (χ4n) is 0.638. The summed E-state index contributed by atoms with van der Waals surface area (Å²) in [5, 5.41) is 16.8. The van der Waals surface area contributed by atoms with Crippen LogP contribution < -0.4 is 5.73 Å². The van der Waals surface area contributed by atoms with E-state index in [-0.39, 0.29) is 6.61 Å². The lowest BCUT2D eigenvalue weighted by Gasteiger charge is -2.15. The molecule has 12 heavy (non-hydrogen) atoms. The monoisotopic (exact) mass is 177 g/mol. The first-order valence-corrected chi connectivity index (χ1v) is 3.33. The van der Waals surface area contributed by atoms with Gasteiger partial charge in [0, 0.05) is 6.61 Å². The summed E-state index contributed by atoms with van der Waals surface area (Å²) in [6.07, 6.45) is -1.48. The van der Waals surface area contributed by atoms with Gasteiger partial charge in [-0.2, -0.15) is 0 Å². The molecule has 0 amide bonds. The first-order valence-electron chi connectivity index (χ1n) is 3.33. The van der Waals surface area contributed by atoms with Crippen molar-refractivity contribution < 1.29 is 24.5 Å². The molecule has 6 heteroatoms. The second kappa shape index (κ2) is 4.68. The third-order valence-corrected chi connectivity index (χ3v) is 1.20. The van der Waals surface area contributed by atoms with Crippen LogP contribution in [0.25, 0.3) is 0 Å². The van der Waals surface area contributed by atoms with Crippen molar-refractivity contribution in [3.8, 4) is 0 Å². The maximum Gasteiger partial charge on any atom is 0.335 e. The Morgan fingerprint density at radius 2 is 1.92 bits per heavy atom. The van der Waals surface area contributed by atoms with Crippen molar-refractivity contribution in [1.29, 1.82) is 0 Å². The van der Waals surface area contributed by atoms with E-state index in [9.17, 15) is 9.59 Å². The van der Waals surface area contributed by atoms with Crippen LogP contribution in [0.15, 0.2) is 0 Å². The standard InChI is InChI=1S/C6H11NO5/c1-2-12-4(6(10)11)3(7)5(8)9/h3-4H,2,7H2,1H3,(H,8,9)(H,10,11)/t3-,4-/m0/s1. The van der Waals surface area contributed by atoms with Gasteiger partial charge in [0.2, 0.25) is 0 Å². The van der Waals surface area contributed by atoms with Crippen LogP contribution >= 0.6 is 0 Å². The van der Waals surface area contributed by atoms with Gasteiger partial charge in [-0.25, -0.2) is 4.79 Å². The number of carbonyl (C=O) groups is 2. The molecule has 0 aliphatic heterocycles. The van der Waals surface area contributed by atoms with E-state index in [2.05, 4.69) is 4.74 Å². The lowest BCUT2D eigenvalue weighted by Crippen LogP contribution is -2.47.